The van der Waals surface area contributed by atoms with E-state index in [-0.39, 0.29) is 17.7 Å². The number of benzene rings is 2. The molecule has 0 aliphatic rings. The zero-order valence-electron chi connectivity index (χ0n) is 11.9. The standard InChI is InChI=1S/C16H17ClN2O2/c1-10(11-4-3-5-13(20)8-11)19-12-6-7-15(17)14(9-12)16(21)18-2/h3-10,19-20H,1-2H3,(H,18,21). The first kappa shape index (κ1) is 15.2. The van der Waals surface area contributed by atoms with E-state index >= 15 is 0 Å². The number of amides is 1. The van der Waals surface area contributed by atoms with Crippen molar-refractivity contribution in [1.82, 2.24) is 5.32 Å². The summed E-state index contributed by atoms with van der Waals surface area (Å²) in [5.41, 5.74) is 2.16. The fourth-order valence-electron chi connectivity index (χ4n) is 2.05. The second-order valence-corrected chi connectivity index (χ2v) is 5.14. The smallest absolute Gasteiger partial charge is 0.252 e. The number of phenols is 1. The van der Waals surface area contributed by atoms with Crippen molar-refractivity contribution in [3.63, 3.8) is 0 Å². The zero-order valence-corrected chi connectivity index (χ0v) is 12.6. The molecule has 0 aliphatic heterocycles. The van der Waals surface area contributed by atoms with E-state index in [2.05, 4.69) is 10.6 Å². The van der Waals surface area contributed by atoms with Crippen molar-refractivity contribution < 1.29 is 9.90 Å². The summed E-state index contributed by atoms with van der Waals surface area (Å²) < 4.78 is 0. The number of nitrogens with one attached hydrogen (secondary N) is 2. The Kier molecular flexibility index (Phi) is 4.70. The SMILES string of the molecule is CNC(=O)c1cc(NC(C)c2cccc(O)c2)ccc1Cl. The lowest BCUT2D eigenvalue weighted by molar-refractivity contribution is 0.0963. The number of carbonyl (C=O) groups excluding carboxylic acids is 1. The summed E-state index contributed by atoms with van der Waals surface area (Å²) >= 11 is 6.02. The van der Waals surface area contributed by atoms with Gasteiger partial charge in [0.05, 0.1) is 10.6 Å². The first-order valence-electron chi connectivity index (χ1n) is 6.58. The minimum Gasteiger partial charge on any atom is -0.508 e. The predicted molar refractivity (Wildman–Crippen MR) is 85.0 cm³/mol. The van der Waals surface area contributed by atoms with Gasteiger partial charge in [0.1, 0.15) is 5.75 Å². The van der Waals surface area contributed by atoms with Gasteiger partial charge >= 0.3 is 0 Å². The van der Waals surface area contributed by atoms with Crippen LogP contribution in [0.2, 0.25) is 5.02 Å². The van der Waals surface area contributed by atoms with Gasteiger partial charge in [-0.25, -0.2) is 0 Å². The van der Waals surface area contributed by atoms with Gasteiger partial charge in [-0.15, -0.1) is 0 Å². The Bertz CT molecular complexity index is 658. The molecule has 0 fully saturated rings. The normalized spacial score (nSPS) is 11.8. The highest BCUT2D eigenvalue weighted by Crippen LogP contribution is 2.25. The number of halogens is 1. The number of phenolic OH excluding ortho intramolecular Hbond substituents is 1. The molecular formula is C16H17ClN2O2. The van der Waals surface area contributed by atoms with E-state index in [4.69, 9.17) is 11.6 Å². The van der Waals surface area contributed by atoms with Crippen molar-refractivity contribution in [3.05, 3.63) is 58.6 Å². The molecule has 2 aromatic carbocycles. The van der Waals surface area contributed by atoms with Crippen molar-refractivity contribution in [2.24, 2.45) is 0 Å². The molecule has 0 saturated carbocycles. The molecule has 0 saturated heterocycles. The van der Waals surface area contributed by atoms with Gasteiger partial charge < -0.3 is 15.7 Å². The quantitative estimate of drug-likeness (QED) is 0.809. The van der Waals surface area contributed by atoms with E-state index in [1.807, 2.05) is 19.1 Å². The molecule has 0 heterocycles. The molecule has 4 nitrogen and oxygen atoms in total. The van der Waals surface area contributed by atoms with Gasteiger partial charge in [-0.3, -0.25) is 4.79 Å². The maximum absolute atomic E-state index is 11.7. The number of anilines is 1. The van der Waals surface area contributed by atoms with E-state index in [0.717, 1.165) is 11.3 Å². The minimum atomic E-state index is -0.228. The van der Waals surface area contributed by atoms with Gasteiger partial charge in [-0.1, -0.05) is 23.7 Å². The first-order valence-corrected chi connectivity index (χ1v) is 6.96. The topological polar surface area (TPSA) is 61.4 Å². The molecule has 0 spiro atoms. The molecule has 2 rings (SSSR count). The summed E-state index contributed by atoms with van der Waals surface area (Å²) in [6, 6.07) is 12.2. The Morgan fingerprint density at radius 2 is 2.00 bits per heavy atom. The summed E-state index contributed by atoms with van der Waals surface area (Å²) in [4.78, 5) is 11.7. The lowest BCUT2D eigenvalue weighted by atomic mass is 10.1. The third kappa shape index (κ3) is 3.67. The van der Waals surface area contributed by atoms with Crippen LogP contribution in [0.25, 0.3) is 0 Å². The number of rotatable bonds is 4. The third-order valence-corrected chi connectivity index (χ3v) is 3.52. The van der Waals surface area contributed by atoms with Crippen LogP contribution in [0.5, 0.6) is 5.75 Å². The molecule has 2 aromatic rings. The maximum Gasteiger partial charge on any atom is 0.252 e. The molecule has 0 aromatic heterocycles. The van der Waals surface area contributed by atoms with E-state index in [1.54, 1.807) is 37.4 Å². The van der Waals surface area contributed by atoms with Crippen LogP contribution in [0.15, 0.2) is 42.5 Å². The average Bonchev–Trinajstić information content (AvgIpc) is 2.48. The van der Waals surface area contributed by atoms with Gasteiger partial charge in [0.15, 0.2) is 0 Å². The molecule has 0 bridgehead atoms. The van der Waals surface area contributed by atoms with E-state index in [9.17, 15) is 9.90 Å². The van der Waals surface area contributed by atoms with Crippen LogP contribution in [0, 0.1) is 0 Å². The van der Waals surface area contributed by atoms with Crippen LogP contribution in [0.4, 0.5) is 5.69 Å². The Hall–Kier alpha value is -2.20. The molecule has 5 heteroatoms. The molecule has 1 amide bonds. The minimum absolute atomic E-state index is 0.0178. The van der Waals surface area contributed by atoms with Crippen LogP contribution < -0.4 is 10.6 Å². The lowest BCUT2D eigenvalue weighted by Gasteiger charge is -2.17. The van der Waals surface area contributed by atoms with E-state index < -0.39 is 0 Å². The average molecular weight is 305 g/mol. The highest BCUT2D eigenvalue weighted by molar-refractivity contribution is 6.34. The van der Waals surface area contributed by atoms with Gasteiger partial charge in [0, 0.05) is 18.8 Å². The fourth-order valence-corrected chi connectivity index (χ4v) is 2.25. The third-order valence-electron chi connectivity index (χ3n) is 3.19. The Morgan fingerprint density at radius 3 is 2.67 bits per heavy atom. The number of hydrogen-bond donors (Lipinski definition) is 3. The highest BCUT2D eigenvalue weighted by Gasteiger charge is 2.11. The van der Waals surface area contributed by atoms with Gasteiger partial charge in [0.2, 0.25) is 0 Å². The summed E-state index contributed by atoms with van der Waals surface area (Å²) in [5, 5.41) is 15.8. The second kappa shape index (κ2) is 6.50. The second-order valence-electron chi connectivity index (χ2n) is 4.73. The Labute approximate surface area is 128 Å². The van der Waals surface area contributed by atoms with Crippen LogP contribution in [0.3, 0.4) is 0 Å². The number of carbonyl (C=O) groups is 1. The molecule has 0 aliphatic carbocycles. The molecule has 1 unspecified atom stereocenters. The van der Waals surface area contributed by atoms with Crippen molar-refractivity contribution >= 4 is 23.2 Å². The van der Waals surface area contributed by atoms with E-state index in [1.165, 1.54) is 0 Å². The summed E-state index contributed by atoms with van der Waals surface area (Å²) in [7, 11) is 1.56. The Morgan fingerprint density at radius 1 is 1.24 bits per heavy atom. The summed E-state index contributed by atoms with van der Waals surface area (Å²) in [6.07, 6.45) is 0. The molecule has 3 N–H and O–H groups in total. The molecule has 0 radical (unpaired) electrons. The fraction of sp³-hybridized carbons (Fsp3) is 0.188. The summed E-state index contributed by atoms with van der Waals surface area (Å²) in [6.45, 7) is 1.98. The van der Waals surface area contributed by atoms with Gasteiger partial charge in [0.25, 0.3) is 5.91 Å². The molecule has 21 heavy (non-hydrogen) atoms. The van der Waals surface area contributed by atoms with Crippen LogP contribution in [-0.4, -0.2) is 18.1 Å². The molecular weight excluding hydrogens is 288 g/mol. The van der Waals surface area contributed by atoms with Crippen LogP contribution in [0.1, 0.15) is 28.9 Å². The monoisotopic (exact) mass is 304 g/mol. The maximum atomic E-state index is 11.7. The van der Waals surface area contributed by atoms with Crippen LogP contribution in [-0.2, 0) is 0 Å². The number of aromatic hydroxyl groups is 1. The predicted octanol–water partition coefficient (Wildman–Crippen LogP) is 3.58. The zero-order chi connectivity index (χ0) is 15.4. The van der Waals surface area contributed by atoms with Crippen LogP contribution >= 0.6 is 11.6 Å². The lowest BCUT2D eigenvalue weighted by Crippen LogP contribution is -2.18. The largest absolute Gasteiger partial charge is 0.508 e. The van der Waals surface area contributed by atoms with Crippen molar-refractivity contribution in [1.29, 1.82) is 0 Å². The first-order chi connectivity index (χ1) is 10.0. The molecule has 1 atom stereocenters. The van der Waals surface area contributed by atoms with Gasteiger partial charge in [-0.2, -0.15) is 0 Å². The van der Waals surface area contributed by atoms with Gasteiger partial charge in [-0.05, 0) is 42.8 Å². The molecule has 110 valence electrons. The van der Waals surface area contributed by atoms with Crippen molar-refractivity contribution in [2.75, 3.05) is 12.4 Å². The number of hydrogen-bond acceptors (Lipinski definition) is 3. The van der Waals surface area contributed by atoms with Crippen molar-refractivity contribution in [2.45, 2.75) is 13.0 Å². The van der Waals surface area contributed by atoms with E-state index in [0.29, 0.717) is 10.6 Å². The van der Waals surface area contributed by atoms with Crippen molar-refractivity contribution in [3.8, 4) is 5.75 Å². The Balaban J connectivity index is 2.21. The summed E-state index contributed by atoms with van der Waals surface area (Å²) in [5.74, 6) is -0.00281. The highest BCUT2D eigenvalue weighted by atomic mass is 35.5.